The molecule has 0 aromatic heterocycles. The SMILES string of the molecule is CCCCN(C(=O)[C@@H](C)[C@@H](C)O)C(=O)N(C)CC(=O)N(C)C(=O)NC(=O)N(C)C=O. The van der Waals surface area contributed by atoms with Crippen molar-refractivity contribution in [1.29, 1.82) is 0 Å². The highest BCUT2D eigenvalue weighted by Crippen LogP contribution is 2.11. The number of nitrogens with zero attached hydrogens (tertiary/aromatic N) is 4. The highest BCUT2D eigenvalue weighted by Gasteiger charge is 2.31. The van der Waals surface area contributed by atoms with Gasteiger partial charge in [0.15, 0.2) is 0 Å². The van der Waals surface area contributed by atoms with E-state index in [0.29, 0.717) is 16.2 Å². The summed E-state index contributed by atoms with van der Waals surface area (Å²) in [4.78, 5) is 74.7. The molecule has 0 aliphatic rings. The highest BCUT2D eigenvalue weighted by atomic mass is 16.3. The number of urea groups is 3. The molecule has 0 unspecified atom stereocenters. The molecule has 0 fully saturated rings. The van der Waals surface area contributed by atoms with Gasteiger partial charge in [0.05, 0.1) is 12.0 Å². The Morgan fingerprint density at radius 3 is 2.07 bits per heavy atom. The first kappa shape index (κ1) is 27.0. The quantitative estimate of drug-likeness (QED) is 0.518. The second-order valence-electron chi connectivity index (χ2n) is 6.92. The molecule has 0 aliphatic carbocycles. The summed E-state index contributed by atoms with van der Waals surface area (Å²) in [5.41, 5.74) is 0. The van der Waals surface area contributed by atoms with Gasteiger partial charge in [-0.2, -0.15) is 0 Å². The molecule has 170 valence electrons. The minimum Gasteiger partial charge on any atom is -0.393 e. The zero-order chi connectivity index (χ0) is 23.6. The molecule has 0 radical (unpaired) electrons. The van der Waals surface area contributed by atoms with Crippen molar-refractivity contribution in [2.45, 2.75) is 39.7 Å². The molecule has 0 aromatic carbocycles. The zero-order valence-electron chi connectivity index (χ0n) is 18.2. The first-order valence-electron chi connectivity index (χ1n) is 9.43. The number of nitrogens with one attached hydrogen (secondary N) is 1. The Morgan fingerprint density at radius 1 is 1.03 bits per heavy atom. The Bertz CT molecular complexity index is 667. The van der Waals surface area contributed by atoms with Gasteiger partial charge in [-0.25, -0.2) is 14.4 Å². The summed E-state index contributed by atoms with van der Waals surface area (Å²) in [6.07, 6.45) is 0.487. The van der Waals surface area contributed by atoms with Crippen molar-refractivity contribution in [3.05, 3.63) is 0 Å². The summed E-state index contributed by atoms with van der Waals surface area (Å²) in [7, 11) is 3.51. The minimum absolute atomic E-state index is 0.118. The Kier molecular flexibility index (Phi) is 11.3. The Balaban J connectivity index is 5.17. The molecule has 30 heavy (non-hydrogen) atoms. The number of rotatable bonds is 8. The topological polar surface area (TPSA) is 148 Å². The van der Waals surface area contributed by atoms with Crippen LogP contribution < -0.4 is 5.32 Å². The molecule has 0 saturated carbocycles. The highest BCUT2D eigenvalue weighted by molar-refractivity contribution is 6.04. The lowest BCUT2D eigenvalue weighted by atomic mass is 10.0. The fourth-order valence-corrected chi connectivity index (χ4v) is 2.08. The third-order valence-electron chi connectivity index (χ3n) is 4.42. The minimum atomic E-state index is -1.08. The van der Waals surface area contributed by atoms with E-state index in [9.17, 15) is 33.9 Å². The number of unbranched alkanes of at least 4 members (excludes halogenated alkanes) is 1. The molecule has 2 atom stereocenters. The van der Waals surface area contributed by atoms with E-state index in [1.165, 1.54) is 20.9 Å². The maximum Gasteiger partial charge on any atom is 0.331 e. The Morgan fingerprint density at radius 2 is 1.60 bits per heavy atom. The van der Waals surface area contributed by atoms with E-state index in [0.717, 1.165) is 30.3 Å². The van der Waals surface area contributed by atoms with Crippen LogP contribution in [0.3, 0.4) is 0 Å². The second kappa shape index (κ2) is 12.5. The summed E-state index contributed by atoms with van der Waals surface area (Å²) >= 11 is 0. The number of carbonyl (C=O) groups excluding carboxylic acids is 6. The lowest BCUT2D eigenvalue weighted by molar-refractivity contribution is -0.136. The smallest absolute Gasteiger partial charge is 0.331 e. The van der Waals surface area contributed by atoms with Gasteiger partial charge >= 0.3 is 18.1 Å². The molecular formula is C18H31N5O7. The summed E-state index contributed by atoms with van der Waals surface area (Å²) < 4.78 is 0. The number of carbonyl (C=O) groups is 6. The van der Waals surface area contributed by atoms with E-state index < -0.39 is 48.5 Å². The van der Waals surface area contributed by atoms with E-state index in [1.807, 2.05) is 12.2 Å². The standard InChI is InChI=1S/C18H31N5O7/c1-7-8-9-23(15(27)12(2)13(3)25)18(30)20(4)10-14(26)22(6)17(29)19-16(28)21(5)11-24/h11-13,25H,7-10H2,1-6H3,(H,19,28,29)/t12-,13+/m0/s1. The van der Waals surface area contributed by atoms with Crippen LogP contribution in [0.15, 0.2) is 0 Å². The number of hydrogen-bond acceptors (Lipinski definition) is 7. The molecule has 0 spiro atoms. The molecular weight excluding hydrogens is 398 g/mol. The van der Waals surface area contributed by atoms with Gasteiger partial charge in [0, 0.05) is 27.7 Å². The maximum absolute atomic E-state index is 12.7. The largest absolute Gasteiger partial charge is 0.393 e. The van der Waals surface area contributed by atoms with Crippen molar-refractivity contribution in [2.24, 2.45) is 5.92 Å². The molecule has 0 saturated heterocycles. The van der Waals surface area contributed by atoms with Crippen molar-refractivity contribution >= 4 is 36.3 Å². The van der Waals surface area contributed by atoms with Crippen molar-refractivity contribution < 1.29 is 33.9 Å². The average Bonchev–Trinajstić information content (AvgIpc) is 2.71. The van der Waals surface area contributed by atoms with Crippen molar-refractivity contribution in [3.8, 4) is 0 Å². The zero-order valence-corrected chi connectivity index (χ0v) is 18.2. The normalized spacial score (nSPS) is 12.2. The van der Waals surface area contributed by atoms with Crippen molar-refractivity contribution in [1.82, 2.24) is 24.9 Å². The molecule has 0 bridgehead atoms. The van der Waals surface area contributed by atoms with E-state index >= 15 is 0 Å². The predicted molar refractivity (Wildman–Crippen MR) is 106 cm³/mol. The van der Waals surface area contributed by atoms with Gasteiger partial charge in [-0.15, -0.1) is 0 Å². The van der Waals surface area contributed by atoms with Crippen LogP contribution in [0.25, 0.3) is 0 Å². The van der Waals surface area contributed by atoms with E-state index in [1.54, 1.807) is 0 Å². The number of aliphatic hydroxyl groups is 1. The van der Waals surface area contributed by atoms with Crippen LogP contribution in [-0.2, 0) is 14.4 Å². The Labute approximate surface area is 175 Å². The fraction of sp³-hybridized carbons (Fsp3) is 0.667. The van der Waals surface area contributed by atoms with Crippen LogP contribution in [0, 0.1) is 5.92 Å². The van der Waals surface area contributed by atoms with Gasteiger partial charge in [-0.3, -0.25) is 34.4 Å². The molecule has 12 heteroatoms. The van der Waals surface area contributed by atoms with Gasteiger partial charge in [-0.05, 0) is 13.3 Å². The average molecular weight is 429 g/mol. The molecule has 12 nitrogen and oxygen atoms in total. The van der Waals surface area contributed by atoms with Crippen LogP contribution in [0.1, 0.15) is 33.6 Å². The van der Waals surface area contributed by atoms with Crippen LogP contribution in [0.4, 0.5) is 14.4 Å². The summed E-state index contributed by atoms with van der Waals surface area (Å²) in [5.74, 6) is -2.21. The number of likely N-dealkylation sites (N-methyl/N-ethyl adjacent to an activating group) is 2. The molecule has 0 rings (SSSR count). The number of amides is 9. The van der Waals surface area contributed by atoms with Crippen molar-refractivity contribution in [2.75, 3.05) is 34.2 Å². The lowest BCUT2D eigenvalue weighted by Crippen LogP contribution is -2.53. The van der Waals surface area contributed by atoms with Gasteiger partial charge in [-0.1, -0.05) is 20.3 Å². The van der Waals surface area contributed by atoms with Gasteiger partial charge in [0.1, 0.15) is 6.54 Å². The first-order valence-corrected chi connectivity index (χ1v) is 9.43. The molecule has 0 aliphatic heterocycles. The van der Waals surface area contributed by atoms with E-state index in [4.69, 9.17) is 0 Å². The number of aliphatic hydroxyl groups excluding tert-OH is 1. The fourth-order valence-electron chi connectivity index (χ4n) is 2.08. The molecule has 2 N–H and O–H groups in total. The lowest BCUT2D eigenvalue weighted by Gasteiger charge is -2.30. The second-order valence-corrected chi connectivity index (χ2v) is 6.92. The third kappa shape index (κ3) is 7.78. The van der Waals surface area contributed by atoms with Crippen LogP contribution in [-0.4, -0.2) is 101 Å². The molecule has 0 aromatic rings. The van der Waals surface area contributed by atoms with Gasteiger partial charge in [0.2, 0.25) is 18.2 Å². The maximum atomic E-state index is 12.7. The van der Waals surface area contributed by atoms with Crippen molar-refractivity contribution in [3.63, 3.8) is 0 Å². The summed E-state index contributed by atoms with van der Waals surface area (Å²) in [6.45, 7) is 4.40. The van der Waals surface area contributed by atoms with Gasteiger partial charge in [0.25, 0.3) is 0 Å². The van der Waals surface area contributed by atoms with Crippen LogP contribution >= 0.6 is 0 Å². The molecule has 0 heterocycles. The summed E-state index contributed by atoms with van der Waals surface area (Å²) in [5, 5.41) is 11.5. The number of imide groups is 4. The monoisotopic (exact) mass is 429 g/mol. The van der Waals surface area contributed by atoms with Crippen LogP contribution in [0.5, 0.6) is 0 Å². The van der Waals surface area contributed by atoms with E-state index in [-0.39, 0.29) is 13.0 Å². The third-order valence-corrected chi connectivity index (χ3v) is 4.42. The first-order chi connectivity index (χ1) is 13.9. The van der Waals surface area contributed by atoms with Gasteiger partial charge < -0.3 is 10.0 Å². The molecule has 9 amide bonds. The Hall–Kier alpha value is -3.02. The van der Waals surface area contributed by atoms with E-state index in [2.05, 4.69) is 0 Å². The summed E-state index contributed by atoms with van der Waals surface area (Å²) in [6, 6.07) is -2.86. The number of hydrogen-bond donors (Lipinski definition) is 2. The predicted octanol–water partition coefficient (Wildman–Crippen LogP) is 0.0600. The van der Waals surface area contributed by atoms with Crippen LogP contribution in [0.2, 0.25) is 0 Å².